The molecule has 4 aromatic rings. The molecular weight excluding hydrogens is 322 g/mol. The predicted molar refractivity (Wildman–Crippen MR) is 104 cm³/mol. The van der Waals surface area contributed by atoms with Gasteiger partial charge in [-0.05, 0) is 29.8 Å². The highest BCUT2D eigenvalue weighted by molar-refractivity contribution is 5.87. The first kappa shape index (κ1) is 16.1. The van der Waals surface area contributed by atoms with E-state index in [0.717, 1.165) is 22.2 Å². The zero-order valence-electron chi connectivity index (χ0n) is 14.2. The fourth-order valence-electron chi connectivity index (χ4n) is 2.97. The second-order valence-electron chi connectivity index (χ2n) is 6.08. The molecule has 1 atom stereocenters. The highest BCUT2D eigenvalue weighted by atomic mass is 16.5. The molecule has 0 amide bonds. The van der Waals surface area contributed by atoms with Crippen molar-refractivity contribution in [2.24, 2.45) is 0 Å². The Morgan fingerprint density at radius 2 is 1.42 bits per heavy atom. The zero-order chi connectivity index (χ0) is 17.8. The Morgan fingerprint density at radius 1 is 0.769 bits per heavy atom. The van der Waals surface area contributed by atoms with Crippen LogP contribution in [0.2, 0.25) is 0 Å². The SMILES string of the molecule is Nc1nc(CC(Oc2ccccc2)c2ccccc2)nc2ccccc12. The smallest absolute Gasteiger partial charge is 0.135 e. The highest BCUT2D eigenvalue weighted by Crippen LogP contribution is 2.26. The van der Waals surface area contributed by atoms with Crippen molar-refractivity contribution < 1.29 is 4.74 Å². The first-order valence-electron chi connectivity index (χ1n) is 8.57. The number of fused-ring (bicyclic) bond motifs is 1. The Morgan fingerprint density at radius 3 is 2.19 bits per heavy atom. The molecule has 0 spiro atoms. The van der Waals surface area contributed by atoms with Crippen LogP contribution in [0, 0.1) is 0 Å². The summed E-state index contributed by atoms with van der Waals surface area (Å²) in [6, 6.07) is 27.7. The molecule has 0 radical (unpaired) electrons. The first-order valence-corrected chi connectivity index (χ1v) is 8.57. The van der Waals surface area contributed by atoms with Gasteiger partial charge in [-0.25, -0.2) is 9.97 Å². The minimum atomic E-state index is -0.195. The predicted octanol–water partition coefficient (Wildman–Crippen LogP) is 4.57. The summed E-state index contributed by atoms with van der Waals surface area (Å²) in [6.07, 6.45) is 0.340. The van der Waals surface area contributed by atoms with Crippen molar-refractivity contribution in [3.8, 4) is 5.75 Å². The molecule has 2 N–H and O–H groups in total. The molecule has 3 aromatic carbocycles. The Labute approximate surface area is 152 Å². The van der Waals surface area contributed by atoms with Gasteiger partial charge in [0, 0.05) is 11.8 Å². The summed E-state index contributed by atoms with van der Waals surface area (Å²) >= 11 is 0. The average molecular weight is 341 g/mol. The minimum Gasteiger partial charge on any atom is -0.485 e. The van der Waals surface area contributed by atoms with Crippen molar-refractivity contribution >= 4 is 16.7 Å². The fraction of sp³-hybridized carbons (Fsp3) is 0.0909. The molecule has 4 rings (SSSR count). The number of rotatable bonds is 5. The summed E-state index contributed by atoms with van der Waals surface area (Å²) in [6.45, 7) is 0. The Balaban J connectivity index is 1.68. The van der Waals surface area contributed by atoms with Gasteiger partial charge in [0.25, 0.3) is 0 Å². The number of aromatic nitrogens is 2. The summed E-state index contributed by atoms with van der Waals surface area (Å²) in [5.74, 6) is 1.98. The molecular formula is C22H19N3O. The van der Waals surface area contributed by atoms with Gasteiger partial charge < -0.3 is 10.5 Å². The van der Waals surface area contributed by atoms with Crippen LogP contribution in [0.25, 0.3) is 10.9 Å². The van der Waals surface area contributed by atoms with Crippen LogP contribution in [-0.2, 0) is 6.42 Å². The lowest BCUT2D eigenvalue weighted by molar-refractivity contribution is 0.203. The molecule has 0 aliphatic heterocycles. The number of benzene rings is 3. The second-order valence-corrected chi connectivity index (χ2v) is 6.08. The van der Waals surface area contributed by atoms with Crippen LogP contribution >= 0.6 is 0 Å². The molecule has 26 heavy (non-hydrogen) atoms. The largest absolute Gasteiger partial charge is 0.485 e. The number of nitrogens with zero attached hydrogens (tertiary/aromatic N) is 2. The standard InChI is InChI=1S/C22H19N3O/c23-22-18-13-7-8-14-19(18)24-21(25-22)15-20(16-9-3-1-4-10-16)26-17-11-5-2-6-12-17/h1-14,20H,15H2,(H2,23,24,25). The molecule has 1 aromatic heterocycles. The van der Waals surface area contributed by atoms with Crippen molar-refractivity contribution in [3.05, 3.63) is 96.3 Å². The van der Waals surface area contributed by atoms with Crippen molar-refractivity contribution in [2.45, 2.75) is 12.5 Å². The number of ether oxygens (including phenoxy) is 1. The molecule has 1 heterocycles. The molecule has 0 aliphatic carbocycles. The van der Waals surface area contributed by atoms with E-state index in [1.165, 1.54) is 0 Å². The average Bonchev–Trinajstić information content (AvgIpc) is 2.69. The topological polar surface area (TPSA) is 61.0 Å². The van der Waals surface area contributed by atoms with Crippen molar-refractivity contribution in [1.82, 2.24) is 9.97 Å². The molecule has 0 aliphatic rings. The second kappa shape index (κ2) is 7.23. The normalized spacial score (nSPS) is 12.0. The van der Waals surface area contributed by atoms with Gasteiger partial charge in [-0.3, -0.25) is 0 Å². The summed E-state index contributed by atoms with van der Waals surface area (Å²) in [7, 11) is 0. The van der Waals surface area contributed by atoms with E-state index >= 15 is 0 Å². The lowest BCUT2D eigenvalue weighted by Crippen LogP contribution is -2.13. The molecule has 0 saturated heterocycles. The van der Waals surface area contributed by atoms with E-state index in [4.69, 9.17) is 10.5 Å². The molecule has 4 nitrogen and oxygen atoms in total. The van der Waals surface area contributed by atoms with E-state index in [9.17, 15) is 0 Å². The van der Waals surface area contributed by atoms with E-state index in [2.05, 4.69) is 22.1 Å². The number of anilines is 1. The third-order valence-corrected chi connectivity index (χ3v) is 4.24. The Hall–Kier alpha value is -3.40. The number of hydrogen-bond acceptors (Lipinski definition) is 4. The third kappa shape index (κ3) is 3.49. The third-order valence-electron chi connectivity index (χ3n) is 4.24. The molecule has 0 bridgehead atoms. The highest BCUT2D eigenvalue weighted by Gasteiger charge is 2.17. The fourth-order valence-corrected chi connectivity index (χ4v) is 2.97. The van der Waals surface area contributed by atoms with Crippen molar-refractivity contribution in [3.63, 3.8) is 0 Å². The van der Waals surface area contributed by atoms with Crippen molar-refractivity contribution in [2.75, 3.05) is 5.73 Å². The molecule has 0 fully saturated rings. The van der Waals surface area contributed by atoms with Gasteiger partial charge >= 0.3 is 0 Å². The molecule has 0 saturated carbocycles. The maximum atomic E-state index is 6.24. The van der Waals surface area contributed by atoms with Crippen LogP contribution in [0.1, 0.15) is 17.5 Å². The Kier molecular flexibility index (Phi) is 4.48. The van der Waals surface area contributed by atoms with E-state index in [-0.39, 0.29) is 6.10 Å². The quantitative estimate of drug-likeness (QED) is 0.577. The van der Waals surface area contributed by atoms with Crippen LogP contribution in [0.4, 0.5) is 5.82 Å². The van der Waals surface area contributed by atoms with Crippen LogP contribution in [0.3, 0.4) is 0 Å². The zero-order valence-corrected chi connectivity index (χ0v) is 14.2. The summed E-state index contributed by atoms with van der Waals surface area (Å²) in [5.41, 5.74) is 8.06. The van der Waals surface area contributed by atoms with E-state index < -0.39 is 0 Å². The number of nitrogens with two attached hydrogens (primary N) is 1. The van der Waals surface area contributed by atoms with Crippen LogP contribution in [-0.4, -0.2) is 9.97 Å². The number of nitrogen functional groups attached to an aromatic ring is 1. The van der Waals surface area contributed by atoms with Gasteiger partial charge in [-0.2, -0.15) is 0 Å². The van der Waals surface area contributed by atoms with Crippen molar-refractivity contribution in [1.29, 1.82) is 0 Å². The summed E-state index contributed by atoms with van der Waals surface area (Å²) < 4.78 is 6.24. The van der Waals surface area contributed by atoms with Gasteiger partial charge in [0.15, 0.2) is 0 Å². The van der Waals surface area contributed by atoms with Crippen LogP contribution < -0.4 is 10.5 Å². The van der Waals surface area contributed by atoms with Crippen LogP contribution in [0.15, 0.2) is 84.9 Å². The lowest BCUT2D eigenvalue weighted by atomic mass is 10.1. The van der Waals surface area contributed by atoms with Gasteiger partial charge in [0.05, 0.1) is 5.52 Å². The molecule has 1 unspecified atom stereocenters. The molecule has 4 heteroatoms. The number of hydrogen-bond donors (Lipinski definition) is 1. The van der Waals surface area contributed by atoms with E-state index in [1.54, 1.807) is 0 Å². The molecule has 128 valence electrons. The van der Waals surface area contributed by atoms with Gasteiger partial charge in [-0.15, -0.1) is 0 Å². The van der Waals surface area contributed by atoms with Gasteiger partial charge in [-0.1, -0.05) is 60.7 Å². The summed E-state index contributed by atoms with van der Waals surface area (Å²) in [5, 5.41) is 0.872. The summed E-state index contributed by atoms with van der Waals surface area (Å²) in [4.78, 5) is 9.17. The lowest BCUT2D eigenvalue weighted by Gasteiger charge is -2.19. The number of para-hydroxylation sites is 2. The minimum absolute atomic E-state index is 0.195. The van der Waals surface area contributed by atoms with Crippen LogP contribution in [0.5, 0.6) is 5.75 Å². The van der Waals surface area contributed by atoms with E-state index in [0.29, 0.717) is 18.1 Å². The Bertz CT molecular complexity index is 1000. The maximum absolute atomic E-state index is 6.24. The van der Waals surface area contributed by atoms with E-state index in [1.807, 2.05) is 72.8 Å². The van der Waals surface area contributed by atoms with Gasteiger partial charge in [0.1, 0.15) is 23.5 Å². The first-order chi connectivity index (χ1) is 12.8. The maximum Gasteiger partial charge on any atom is 0.135 e. The van der Waals surface area contributed by atoms with Gasteiger partial charge in [0.2, 0.25) is 0 Å². The monoisotopic (exact) mass is 341 g/mol.